The third-order valence-electron chi connectivity index (χ3n) is 3.54. The molecular formula is C19H15NO6. The smallest absolute Gasteiger partial charge is 0.331 e. The molecule has 0 spiro atoms. The zero-order chi connectivity index (χ0) is 18.4. The van der Waals surface area contributed by atoms with E-state index in [0.717, 1.165) is 5.56 Å². The third kappa shape index (κ3) is 4.47. The van der Waals surface area contributed by atoms with Crippen LogP contribution in [0.5, 0.6) is 11.5 Å². The van der Waals surface area contributed by atoms with E-state index in [-0.39, 0.29) is 19.1 Å². The molecule has 132 valence electrons. The summed E-state index contributed by atoms with van der Waals surface area (Å²) in [6.07, 6.45) is 6.34. The Hall–Kier alpha value is -3.61. The second-order valence-electron chi connectivity index (χ2n) is 5.33. The first-order chi connectivity index (χ1) is 12.6. The number of esters is 1. The van der Waals surface area contributed by atoms with Gasteiger partial charge in [0.25, 0.3) is 5.69 Å². The highest BCUT2D eigenvalue weighted by Crippen LogP contribution is 2.32. The molecule has 26 heavy (non-hydrogen) atoms. The minimum Gasteiger partial charge on any atom is -0.458 e. The molecule has 0 N–H and O–H groups in total. The number of carbonyl (C=O) groups is 1. The highest BCUT2D eigenvalue weighted by Gasteiger charge is 2.12. The van der Waals surface area contributed by atoms with E-state index in [2.05, 4.69) is 0 Å². The Balaban J connectivity index is 1.47. The van der Waals surface area contributed by atoms with Crippen molar-refractivity contribution in [2.45, 2.75) is 0 Å². The van der Waals surface area contributed by atoms with Crippen LogP contribution in [-0.2, 0) is 9.53 Å². The SMILES string of the molecule is O=C(/C=C/c1ccc([N+](=O)[O-])cc1)OC/C=C/c1ccc2c(c1)OCO2. The van der Waals surface area contributed by atoms with Gasteiger partial charge in [-0.2, -0.15) is 0 Å². The summed E-state index contributed by atoms with van der Waals surface area (Å²) in [6.45, 7) is 0.346. The van der Waals surface area contributed by atoms with Crippen LogP contribution >= 0.6 is 0 Å². The van der Waals surface area contributed by atoms with E-state index < -0.39 is 10.9 Å². The third-order valence-corrected chi connectivity index (χ3v) is 3.54. The molecule has 1 heterocycles. The highest BCUT2D eigenvalue weighted by atomic mass is 16.7. The van der Waals surface area contributed by atoms with E-state index in [1.807, 2.05) is 24.3 Å². The number of carbonyl (C=O) groups excluding carboxylic acids is 1. The number of non-ortho nitro benzene ring substituents is 1. The van der Waals surface area contributed by atoms with Crippen LogP contribution in [0.25, 0.3) is 12.2 Å². The van der Waals surface area contributed by atoms with Crippen molar-refractivity contribution in [2.24, 2.45) is 0 Å². The number of nitrogens with zero attached hydrogens (tertiary/aromatic N) is 1. The van der Waals surface area contributed by atoms with Crippen molar-refractivity contribution < 1.29 is 23.9 Å². The molecule has 7 nitrogen and oxygen atoms in total. The quantitative estimate of drug-likeness (QED) is 0.341. The molecule has 1 aliphatic rings. The molecule has 0 bridgehead atoms. The van der Waals surface area contributed by atoms with Gasteiger partial charge >= 0.3 is 5.97 Å². The van der Waals surface area contributed by atoms with Crippen LogP contribution in [0.15, 0.2) is 54.6 Å². The summed E-state index contributed by atoms with van der Waals surface area (Å²) < 4.78 is 15.6. The minimum atomic E-state index is -0.501. The van der Waals surface area contributed by atoms with Gasteiger partial charge in [0.15, 0.2) is 11.5 Å². The molecule has 2 aromatic carbocycles. The van der Waals surface area contributed by atoms with Gasteiger partial charge in [-0.3, -0.25) is 10.1 Å². The molecular weight excluding hydrogens is 338 g/mol. The largest absolute Gasteiger partial charge is 0.458 e. The van der Waals surface area contributed by atoms with Gasteiger partial charge in [0.1, 0.15) is 6.61 Å². The van der Waals surface area contributed by atoms with E-state index in [0.29, 0.717) is 17.1 Å². The first-order valence-corrected chi connectivity index (χ1v) is 7.77. The monoisotopic (exact) mass is 353 g/mol. The lowest BCUT2D eigenvalue weighted by Gasteiger charge is -1.99. The lowest BCUT2D eigenvalue weighted by Crippen LogP contribution is -1.99. The molecule has 0 aromatic heterocycles. The Kier molecular flexibility index (Phi) is 5.28. The molecule has 0 fully saturated rings. The van der Waals surface area contributed by atoms with E-state index in [1.54, 1.807) is 18.2 Å². The average molecular weight is 353 g/mol. The van der Waals surface area contributed by atoms with Gasteiger partial charge in [-0.05, 0) is 47.5 Å². The van der Waals surface area contributed by atoms with Gasteiger partial charge in [-0.25, -0.2) is 4.79 Å². The molecule has 1 aliphatic heterocycles. The summed E-state index contributed by atoms with van der Waals surface area (Å²) in [6, 6.07) is 11.4. The topological polar surface area (TPSA) is 87.9 Å². The second-order valence-corrected chi connectivity index (χ2v) is 5.33. The Labute approximate surface area is 149 Å². The Morgan fingerprint density at radius 3 is 2.58 bits per heavy atom. The molecule has 2 aromatic rings. The van der Waals surface area contributed by atoms with Crippen molar-refractivity contribution in [2.75, 3.05) is 13.4 Å². The number of ether oxygens (including phenoxy) is 3. The lowest BCUT2D eigenvalue weighted by molar-refractivity contribution is -0.384. The van der Waals surface area contributed by atoms with Crippen molar-refractivity contribution >= 4 is 23.8 Å². The van der Waals surface area contributed by atoms with Gasteiger partial charge in [0, 0.05) is 18.2 Å². The van der Waals surface area contributed by atoms with E-state index >= 15 is 0 Å². The van der Waals surface area contributed by atoms with Crippen LogP contribution in [-0.4, -0.2) is 24.3 Å². The molecule has 0 atom stereocenters. The number of nitro benzene ring substituents is 1. The Morgan fingerprint density at radius 1 is 1.08 bits per heavy atom. The van der Waals surface area contributed by atoms with Gasteiger partial charge in [0.2, 0.25) is 6.79 Å². The van der Waals surface area contributed by atoms with Crippen LogP contribution in [0.1, 0.15) is 11.1 Å². The maximum absolute atomic E-state index is 11.7. The maximum atomic E-state index is 11.7. The summed E-state index contributed by atoms with van der Waals surface area (Å²) in [7, 11) is 0. The fourth-order valence-corrected chi connectivity index (χ4v) is 2.25. The van der Waals surface area contributed by atoms with Crippen molar-refractivity contribution in [1.29, 1.82) is 0 Å². The van der Waals surface area contributed by atoms with Gasteiger partial charge in [-0.1, -0.05) is 12.1 Å². The van der Waals surface area contributed by atoms with E-state index in [9.17, 15) is 14.9 Å². The Morgan fingerprint density at radius 2 is 1.81 bits per heavy atom. The molecule has 0 aliphatic carbocycles. The van der Waals surface area contributed by atoms with Crippen LogP contribution in [0.2, 0.25) is 0 Å². The van der Waals surface area contributed by atoms with Crippen LogP contribution in [0, 0.1) is 10.1 Å². The standard InChI is InChI=1S/C19H15NO6/c21-19(10-6-14-3-7-16(8-4-14)20(22)23)24-11-1-2-15-5-9-17-18(12-15)26-13-25-17/h1-10,12H,11,13H2/b2-1+,10-6+. The molecule has 0 saturated carbocycles. The maximum Gasteiger partial charge on any atom is 0.331 e. The average Bonchev–Trinajstić information content (AvgIpc) is 3.11. The molecule has 0 radical (unpaired) electrons. The fourth-order valence-electron chi connectivity index (χ4n) is 2.25. The zero-order valence-electron chi connectivity index (χ0n) is 13.7. The number of nitro groups is 1. The normalized spacial score (nSPS) is 12.6. The summed E-state index contributed by atoms with van der Waals surface area (Å²) in [5.41, 5.74) is 1.58. The molecule has 0 unspecified atom stereocenters. The van der Waals surface area contributed by atoms with Crippen molar-refractivity contribution in [3.8, 4) is 11.5 Å². The summed E-state index contributed by atoms with van der Waals surface area (Å²) in [4.78, 5) is 21.8. The lowest BCUT2D eigenvalue weighted by atomic mass is 10.2. The highest BCUT2D eigenvalue weighted by molar-refractivity contribution is 5.87. The minimum absolute atomic E-state index is 0.00150. The molecule has 3 rings (SSSR count). The number of rotatable bonds is 6. The summed E-state index contributed by atoms with van der Waals surface area (Å²) in [5.74, 6) is 0.902. The Bertz CT molecular complexity index is 870. The predicted octanol–water partition coefficient (Wildman–Crippen LogP) is 3.59. The van der Waals surface area contributed by atoms with Crippen LogP contribution in [0.3, 0.4) is 0 Å². The van der Waals surface area contributed by atoms with Gasteiger partial charge in [-0.15, -0.1) is 0 Å². The summed E-state index contributed by atoms with van der Waals surface area (Å²) >= 11 is 0. The van der Waals surface area contributed by atoms with Crippen molar-refractivity contribution in [3.63, 3.8) is 0 Å². The molecule has 7 heteroatoms. The number of hydrogen-bond donors (Lipinski definition) is 0. The second kappa shape index (κ2) is 7.98. The molecule has 0 amide bonds. The predicted molar refractivity (Wildman–Crippen MR) is 94.7 cm³/mol. The first-order valence-electron chi connectivity index (χ1n) is 7.77. The molecule has 0 saturated heterocycles. The van der Waals surface area contributed by atoms with E-state index in [4.69, 9.17) is 14.2 Å². The number of hydrogen-bond acceptors (Lipinski definition) is 6. The van der Waals surface area contributed by atoms with Gasteiger partial charge in [0.05, 0.1) is 4.92 Å². The zero-order valence-corrected chi connectivity index (χ0v) is 13.7. The summed E-state index contributed by atoms with van der Waals surface area (Å²) in [5, 5.41) is 10.6. The van der Waals surface area contributed by atoms with Gasteiger partial charge < -0.3 is 14.2 Å². The van der Waals surface area contributed by atoms with Crippen LogP contribution < -0.4 is 9.47 Å². The number of fused-ring (bicyclic) bond motifs is 1. The van der Waals surface area contributed by atoms with Crippen LogP contribution in [0.4, 0.5) is 5.69 Å². The fraction of sp³-hybridized carbons (Fsp3) is 0.105. The van der Waals surface area contributed by atoms with Crippen molar-refractivity contribution in [1.82, 2.24) is 0 Å². The van der Waals surface area contributed by atoms with E-state index in [1.165, 1.54) is 24.3 Å². The number of benzene rings is 2. The first kappa shape index (κ1) is 17.2. The van der Waals surface area contributed by atoms with Crippen molar-refractivity contribution in [3.05, 3.63) is 75.9 Å².